The summed E-state index contributed by atoms with van der Waals surface area (Å²) in [5.41, 5.74) is 2.77. The Morgan fingerprint density at radius 2 is 1.48 bits per heavy atom. The van der Waals surface area contributed by atoms with Crippen LogP contribution in [0.25, 0.3) is 0 Å². The first-order valence-corrected chi connectivity index (χ1v) is 7.02. The molecule has 0 saturated heterocycles. The highest BCUT2D eigenvalue weighted by atomic mass is 16.5. The van der Waals surface area contributed by atoms with Crippen molar-refractivity contribution in [3.05, 3.63) is 54.1 Å². The third-order valence-electron chi connectivity index (χ3n) is 3.10. The molecule has 0 saturated carbocycles. The number of nitrogens with one attached hydrogen (secondary N) is 2. The Morgan fingerprint density at radius 1 is 0.952 bits per heavy atom. The molecule has 2 rings (SSSR count). The lowest BCUT2D eigenvalue weighted by atomic mass is 10.1. The van der Waals surface area contributed by atoms with Gasteiger partial charge in [-0.25, -0.2) is 4.79 Å². The van der Waals surface area contributed by atoms with Crippen LogP contribution in [0.3, 0.4) is 0 Å². The predicted molar refractivity (Wildman–Crippen MR) is 86.1 cm³/mol. The Hall–Kier alpha value is -2.49. The summed E-state index contributed by atoms with van der Waals surface area (Å²) in [6.45, 7) is 2.15. The van der Waals surface area contributed by atoms with Gasteiger partial charge in [0, 0.05) is 11.4 Å². The molecule has 0 heterocycles. The number of aryl methyl sites for hydroxylation is 1. The van der Waals surface area contributed by atoms with E-state index in [9.17, 15) is 4.79 Å². The van der Waals surface area contributed by atoms with E-state index in [1.807, 2.05) is 24.3 Å². The third-order valence-corrected chi connectivity index (χ3v) is 3.10. The zero-order valence-electron chi connectivity index (χ0n) is 12.3. The molecule has 4 heteroatoms. The Labute approximate surface area is 125 Å². The molecule has 0 aromatic heterocycles. The van der Waals surface area contributed by atoms with E-state index in [1.54, 1.807) is 31.4 Å². The maximum absolute atomic E-state index is 11.9. The number of carbonyl (C=O) groups excluding carboxylic acids is 1. The molecular weight excluding hydrogens is 264 g/mol. The van der Waals surface area contributed by atoms with Gasteiger partial charge in [0.1, 0.15) is 5.75 Å². The van der Waals surface area contributed by atoms with E-state index in [2.05, 4.69) is 17.6 Å². The van der Waals surface area contributed by atoms with E-state index in [1.165, 1.54) is 5.56 Å². The lowest BCUT2D eigenvalue weighted by molar-refractivity contribution is 0.262. The quantitative estimate of drug-likeness (QED) is 0.860. The van der Waals surface area contributed by atoms with Gasteiger partial charge in [-0.2, -0.15) is 0 Å². The summed E-state index contributed by atoms with van der Waals surface area (Å²) in [7, 11) is 1.61. The van der Waals surface area contributed by atoms with Gasteiger partial charge in [0.15, 0.2) is 0 Å². The van der Waals surface area contributed by atoms with Gasteiger partial charge in [0.05, 0.1) is 7.11 Å². The molecule has 0 bridgehead atoms. The summed E-state index contributed by atoms with van der Waals surface area (Å²) in [4.78, 5) is 11.9. The minimum atomic E-state index is -0.261. The third kappa shape index (κ3) is 4.53. The van der Waals surface area contributed by atoms with Gasteiger partial charge in [0.25, 0.3) is 0 Å². The first kappa shape index (κ1) is 14.9. The smallest absolute Gasteiger partial charge is 0.323 e. The number of urea groups is 1. The standard InChI is InChI=1S/C17H20N2O2/c1-3-4-13-5-7-14(8-6-13)18-17(20)19-15-9-11-16(21-2)12-10-15/h5-12H,3-4H2,1-2H3,(H2,18,19,20). The molecule has 2 N–H and O–H groups in total. The summed E-state index contributed by atoms with van der Waals surface area (Å²) in [6, 6.07) is 14.8. The van der Waals surface area contributed by atoms with Crippen molar-refractivity contribution in [3.8, 4) is 5.75 Å². The van der Waals surface area contributed by atoms with Crippen LogP contribution in [0.15, 0.2) is 48.5 Å². The number of amides is 2. The van der Waals surface area contributed by atoms with Gasteiger partial charge < -0.3 is 15.4 Å². The molecule has 0 spiro atoms. The molecule has 2 amide bonds. The van der Waals surface area contributed by atoms with Gasteiger partial charge in [0.2, 0.25) is 0 Å². The Bertz CT molecular complexity index is 577. The average molecular weight is 284 g/mol. The molecule has 0 aliphatic heterocycles. The minimum Gasteiger partial charge on any atom is -0.497 e. The molecule has 2 aromatic rings. The topological polar surface area (TPSA) is 50.4 Å². The first-order chi connectivity index (χ1) is 10.2. The molecule has 0 aliphatic rings. The van der Waals surface area contributed by atoms with Crippen LogP contribution in [0.4, 0.5) is 16.2 Å². The maximum Gasteiger partial charge on any atom is 0.323 e. The summed E-state index contributed by atoms with van der Waals surface area (Å²) >= 11 is 0. The lowest BCUT2D eigenvalue weighted by Gasteiger charge is -2.09. The molecule has 4 nitrogen and oxygen atoms in total. The number of carbonyl (C=O) groups is 1. The number of methoxy groups -OCH3 is 1. The predicted octanol–water partition coefficient (Wildman–Crippen LogP) is 4.29. The zero-order chi connectivity index (χ0) is 15.1. The second-order valence-electron chi connectivity index (χ2n) is 4.75. The number of hydrogen-bond acceptors (Lipinski definition) is 2. The Balaban J connectivity index is 1.91. The summed E-state index contributed by atoms with van der Waals surface area (Å²) < 4.78 is 5.07. The van der Waals surface area contributed by atoms with Gasteiger partial charge in [-0.1, -0.05) is 25.5 Å². The Morgan fingerprint density at radius 3 is 1.95 bits per heavy atom. The fourth-order valence-electron chi connectivity index (χ4n) is 2.01. The fourth-order valence-corrected chi connectivity index (χ4v) is 2.01. The van der Waals surface area contributed by atoms with Crippen molar-refractivity contribution in [2.24, 2.45) is 0 Å². The van der Waals surface area contributed by atoms with E-state index in [0.717, 1.165) is 30.0 Å². The minimum absolute atomic E-state index is 0.261. The van der Waals surface area contributed by atoms with Crippen LogP contribution in [-0.4, -0.2) is 13.1 Å². The second kappa shape index (κ2) is 7.33. The van der Waals surface area contributed by atoms with Crippen molar-refractivity contribution in [2.75, 3.05) is 17.7 Å². The number of ether oxygens (including phenoxy) is 1. The van der Waals surface area contributed by atoms with Crippen molar-refractivity contribution in [3.63, 3.8) is 0 Å². The average Bonchev–Trinajstić information content (AvgIpc) is 2.50. The highest BCUT2D eigenvalue weighted by Gasteiger charge is 2.03. The van der Waals surface area contributed by atoms with Crippen LogP contribution < -0.4 is 15.4 Å². The molecule has 0 fully saturated rings. The van der Waals surface area contributed by atoms with Crippen molar-refractivity contribution >= 4 is 17.4 Å². The monoisotopic (exact) mass is 284 g/mol. The van der Waals surface area contributed by atoms with Gasteiger partial charge in [-0.3, -0.25) is 0 Å². The van der Waals surface area contributed by atoms with Crippen molar-refractivity contribution in [1.82, 2.24) is 0 Å². The number of hydrogen-bond donors (Lipinski definition) is 2. The van der Waals surface area contributed by atoms with Crippen LogP contribution in [-0.2, 0) is 6.42 Å². The Kier molecular flexibility index (Phi) is 5.21. The first-order valence-electron chi connectivity index (χ1n) is 7.02. The number of rotatable bonds is 5. The van der Waals surface area contributed by atoms with E-state index < -0.39 is 0 Å². The van der Waals surface area contributed by atoms with Crippen molar-refractivity contribution < 1.29 is 9.53 Å². The van der Waals surface area contributed by atoms with Crippen LogP contribution >= 0.6 is 0 Å². The molecular formula is C17H20N2O2. The fraction of sp³-hybridized carbons (Fsp3) is 0.235. The largest absolute Gasteiger partial charge is 0.497 e. The summed E-state index contributed by atoms with van der Waals surface area (Å²) in [5.74, 6) is 0.757. The summed E-state index contributed by atoms with van der Waals surface area (Å²) in [6.07, 6.45) is 2.17. The molecule has 0 aliphatic carbocycles. The van der Waals surface area contributed by atoms with Gasteiger partial charge in [-0.05, 0) is 48.4 Å². The van der Waals surface area contributed by atoms with Crippen molar-refractivity contribution in [2.45, 2.75) is 19.8 Å². The zero-order valence-corrected chi connectivity index (χ0v) is 12.3. The van der Waals surface area contributed by atoms with Gasteiger partial charge in [-0.15, -0.1) is 0 Å². The molecule has 21 heavy (non-hydrogen) atoms. The van der Waals surface area contributed by atoms with E-state index in [0.29, 0.717) is 0 Å². The molecule has 0 unspecified atom stereocenters. The molecule has 2 aromatic carbocycles. The maximum atomic E-state index is 11.9. The second-order valence-corrected chi connectivity index (χ2v) is 4.75. The number of anilines is 2. The van der Waals surface area contributed by atoms with Crippen LogP contribution in [0.2, 0.25) is 0 Å². The normalized spacial score (nSPS) is 10.0. The lowest BCUT2D eigenvalue weighted by Crippen LogP contribution is -2.19. The van der Waals surface area contributed by atoms with Crippen LogP contribution in [0.1, 0.15) is 18.9 Å². The van der Waals surface area contributed by atoms with Crippen LogP contribution in [0.5, 0.6) is 5.75 Å². The molecule has 0 radical (unpaired) electrons. The van der Waals surface area contributed by atoms with Crippen molar-refractivity contribution in [1.29, 1.82) is 0 Å². The SMILES string of the molecule is CCCc1ccc(NC(=O)Nc2ccc(OC)cc2)cc1. The summed E-state index contributed by atoms with van der Waals surface area (Å²) in [5, 5.41) is 5.58. The highest BCUT2D eigenvalue weighted by molar-refractivity contribution is 5.99. The highest BCUT2D eigenvalue weighted by Crippen LogP contribution is 2.16. The van der Waals surface area contributed by atoms with E-state index >= 15 is 0 Å². The molecule has 0 atom stereocenters. The molecule has 110 valence electrons. The van der Waals surface area contributed by atoms with E-state index in [-0.39, 0.29) is 6.03 Å². The number of benzene rings is 2. The van der Waals surface area contributed by atoms with Crippen LogP contribution in [0, 0.1) is 0 Å². The van der Waals surface area contributed by atoms with E-state index in [4.69, 9.17) is 4.74 Å². The van der Waals surface area contributed by atoms with Gasteiger partial charge >= 0.3 is 6.03 Å².